The standard InChI is InChI=1S/C49H47N7O4/c1-31(34-9-5-3-6-10-34)45(57)55-29-49(23-24-49)27-41(55)44-51-37-20-17-33(25-38(37)52-44)14-13-32-15-18-35(19-16-32)39-28-50-43(53-39)40-26-48(21-22-48)30-56(40)46(58)42(54-47(59)60-2)36-11-7-4-8-12-36/h3-12,15-20,25,28,31,40-42H,21-24,26-27,29-30H2,1-2H3,(H,50,53)(H,51,52)(H,54,59)/t31-,40-,41-,42-/m0/s1. The van der Waals surface area contributed by atoms with Crippen molar-refractivity contribution < 1.29 is 19.1 Å². The summed E-state index contributed by atoms with van der Waals surface area (Å²) in [6, 6.07) is 32.2. The van der Waals surface area contributed by atoms with E-state index in [0.717, 1.165) is 95.7 Å². The first-order valence-corrected chi connectivity index (χ1v) is 20.9. The number of aromatic amines is 2. The lowest BCUT2D eigenvalue weighted by Gasteiger charge is -2.28. The molecule has 4 aliphatic rings. The molecule has 60 heavy (non-hydrogen) atoms. The van der Waals surface area contributed by atoms with Gasteiger partial charge in [-0.1, -0.05) is 84.6 Å². The zero-order valence-corrected chi connectivity index (χ0v) is 33.8. The predicted molar refractivity (Wildman–Crippen MR) is 227 cm³/mol. The van der Waals surface area contributed by atoms with Gasteiger partial charge in [0.05, 0.1) is 48.0 Å². The lowest BCUT2D eigenvalue weighted by atomic mass is 9.99. The van der Waals surface area contributed by atoms with E-state index in [1.807, 2.05) is 121 Å². The number of methoxy groups -OCH3 is 1. The minimum atomic E-state index is -0.874. The third-order valence-corrected chi connectivity index (χ3v) is 13.3. The monoisotopic (exact) mass is 797 g/mol. The van der Waals surface area contributed by atoms with Gasteiger partial charge >= 0.3 is 6.09 Å². The van der Waals surface area contributed by atoms with Crippen molar-refractivity contribution in [3.63, 3.8) is 0 Å². The molecule has 4 atom stereocenters. The number of hydrogen-bond donors (Lipinski definition) is 3. The van der Waals surface area contributed by atoms with Gasteiger partial charge in [0.25, 0.3) is 5.91 Å². The Balaban J connectivity index is 0.836. The van der Waals surface area contributed by atoms with Crippen LogP contribution in [0.1, 0.15) is 103 Å². The maximum absolute atomic E-state index is 14.2. The number of nitrogens with one attached hydrogen (secondary N) is 3. The number of carbonyl (C=O) groups excluding carboxylic acids is 3. The van der Waals surface area contributed by atoms with E-state index in [0.29, 0.717) is 12.1 Å². The highest BCUT2D eigenvalue weighted by Gasteiger charge is 2.56. The van der Waals surface area contributed by atoms with Gasteiger partial charge in [-0.3, -0.25) is 9.59 Å². The van der Waals surface area contributed by atoms with Crippen LogP contribution < -0.4 is 5.32 Å². The molecular formula is C49H47N7O4. The minimum Gasteiger partial charge on any atom is -0.453 e. The molecule has 302 valence electrons. The molecule has 2 aromatic heterocycles. The molecule has 10 rings (SSSR count). The number of alkyl carbamates (subject to hydrolysis) is 1. The van der Waals surface area contributed by atoms with Crippen molar-refractivity contribution >= 4 is 28.9 Å². The number of aromatic nitrogens is 4. The van der Waals surface area contributed by atoms with Crippen LogP contribution in [0.5, 0.6) is 0 Å². The molecule has 2 saturated carbocycles. The van der Waals surface area contributed by atoms with E-state index in [1.54, 1.807) is 0 Å². The van der Waals surface area contributed by atoms with Crippen molar-refractivity contribution in [1.29, 1.82) is 0 Å². The van der Waals surface area contributed by atoms with Crippen molar-refractivity contribution in [3.05, 3.63) is 143 Å². The van der Waals surface area contributed by atoms with Crippen LogP contribution >= 0.6 is 0 Å². The molecule has 2 aliphatic carbocycles. The largest absolute Gasteiger partial charge is 0.453 e. The van der Waals surface area contributed by atoms with Crippen LogP contribution in [0.2, 0.25) is 0 Å². The van der Waals surface area contributed by atoms with Crippen molar-refractivity contribution in [2.75, 3.05) is 20.2 Å². The fraction of sp³-hybridized carbons (Fsp3) is 0.327. The average Bonchev–Trinajstić information content (AvgIpc) is 3.90. The van der Waals surface area contributed by atoms with E-state index >= 15 is 0 Å². The molecular weight excluding hydrogens is 751 g/mol. The molecule has 11 heteroatoms. The molecule has 2 spiro atoms. The van der Waals surface area contributed by atoms with Crippen molar-refractivity contribution in [1.82, 2.24) is 35.1 Å². The summed E-state index contributed by atoms with van der Waals surface area (Å²) in [4.78, 5) is 61.2. The zero-order valence-electron chi connectivity index (χ0n) is 33.8. The van der Waals surface area contributed by atoms with Crippen LogP contribution in [0.15, 0.2) is 109 Å². The summed E-state index contributed by atoms with van der Waals surface area (Å²) in [6.07, 6.45) is 7.38. The number of carbonyl (C=O) groups is 3. The van der Waals surface area contributed by atoms with Gasteiger partial charge in [-0.05, 0) is 103 Å². The van der Waals surface area contributed by atoms with Gasteiger partial charge in [0.1, 0.15) is 17.7 Å². The molecule has 2 aliphatic heterocycles. The highest BCUT2D eigenvalue weighted by atomic mass is 16.5. The maximum Gasteiger partial charge on any atom is 0.407 e. The molecule has 4 heterocycles. The van der Waals surface area contributed by atoms with Crippen LogP contribution in [0.4, 0.5) is 4.79 Å². The van der Waals surface area contributed by atoms with Crippen molar-refractivity contribution in [2.45, 2.75) is 69.5 Å². The average molecular weight is 798 g/mol. The first kappa shape index (κ1) is 37.6. The Hall–Kier alpha value is -6.67. The fourth-order valence-electron chi connectivity index (χ4n) is 9.35. The second kappa shape index (κ2) is 14.9. The summed E-state index contributed by atoms with van der Waals surface area (Å²) in [5.74, 6) is 7.98. The summed E-state index contributed by atoms with van der Waals surface area (Å²) in [5.41, 5.74) is 7.38. The first-order chi connectivity index (χ1) is 29.2. The second-order valence-electron chi connectivity index (χ2n) is 17.3. The Morgan fingerprint density at radius 1 is 0.750 bits per heavy atom. The van der Waals surface area contributed by atoms with Gasteiger partial charge in [0, 0.05) is 24.2 Å². The van der Waals surface area contributed by atoms with Crippen LogP contribution in [0.3, 0.4) is 0 Å². The summed E-state index contributed by atoms with van der Waals surface area (Å²) < 4.78 is 4.88. The number of fused-ring (bicyclic) bond motifs is 1. The predicted octanol–water partition coefficient (Wildman–Crippen LogP) is 8.36. The number of likely N-dealkylation sites (tertiary alicyclic amines) is 2. The number of amides is 3. The van der Waals surface area contributed by atoms with Gasteiger partial charge in [-0.25, -0.2) is 14.8 Å². The number of ether oxygens (including phenoxy) is 1. The lowest BCUT2D eigenvalue weighted by molar-refractivity contribution is -0.135. The number of H-pyrrole nitrogens is 2. The highest BCUT2D eigenvalue weighted by Crippen LogP contribution is 2.59. The maximum atomic E-state index is 14.2. The SMILES string of the molecule is COC(=O)N[C@H](C(=O)N1CC2(CC2)C[C@H]1c1ncc(-c2ccc(C#Cc3ccc4nc([C@@H]5CC6(CC6)CN5C(=O)[C@@H](C)c5ccccc5)[nH]c4c3)cc2)[nH]1)c1ccccc1. The summed E-state index contributed by atoms with van der Waals surface area (Å²) in [6.45, 7) is 3.41. The number of rotatable bonds is 8. The number of hydrogen-bond acceptors (Lipinski definition) is 6. The molecule has 0 radical (unpaired) electrons. The Labute approximate surface area is 349 Å². The van der Waals surface area contributed by atoms with Crippen LogP contribution in [0.25, 0.3) is 22.3 Å². The lowest BCUT2D eigenvalue weighted by Crippen LogP contribution is -2.43. The van der Waals surface area contributed by atoms with Crippen molar-refractivity contribution in [3.8, 4) is 23.1 Å². The van der Waals surface area contributed by atoms with Gasteiger partial charge < -0.3 is 29.8 Å². The fourth-order valence-corrected chi connectivity index (χ4v) is 9.35. The summed E-state index contributed by atoms with van der Waals surface area (Å²) in [5, 5.41) is 2.76. The molecule has 4 aromatic carbocycles. The Bertz CT molecular complexity index is 2650. The molecule has 3 amide bonds. The minimum absolute atomic E-state index is 0.0747. The van der Waals surface area contributed by atoms with E-state index < -0.39 is 12.1 Å². The molecule has 0 bridgehead atoms. The smallest absolute Gasteiger partial charge is 0.407 e. The first-order valence-electron chi connectivity index (χ1n) is 20.9. The van der Waals surface area contributed by atoms with E-state index in [2.05, 4.69) is 32.0 Å². The van der Waals surface area contributed by atoms with Gasteiger partial charge in [0.2, 0.25) is 5.91 Å². The molecule has 11 nitrogen and oxygen atoms in total. The van der Waals surface area contributed by atoms with Crippen LogP contribution in [0, 0.1) is 22.7 Å². The van der Waals surface area contributed by atoms with Gasteiger partial charge in [0.15, 0.2) is 0 Å². The van der Waals surface area contributed by atoms with E-state index in [-0.39, 0.29) is 40.6 Å². The number of nitrogens with zero attached hydrogens (tertiary/aromatic N) is 4. The van der Waals surface area contributed by atoms with E-state index in [4.69, 9.17) is 14.7 Å². The zero-order chi connectivity index (χ0) is 41.0. The quantitative estimate of drug-likeness (QED) is 0.133. The third kappa shape index (κ3) is 7.21. The Morgan fingerprint density at radius 2 is 1.35 bits per heavy atom. The van der Waals surface area contributed by atoms with Gasteiger partial charge in [-0.2, -0.15) is 0 Å². The Kier molecular flexibility index (Phi) is 9.31. The van der Waals surface area contributed by atoms with E-state index in [9.17, 15) is 14.4 Å². The number of benzene rings is 4. The third-order valence-electron chi connectivity index (χ3n) is 13.3. The van der Waals surface area contributed by atoms with Crippen molar-refractivity contribution in [2.24, 2.45) is 10.8 Å². The van der Waals surface area contributed by atoms with Gasteiger partial charge in [-0.15, -0.1) is 0 Å². The van der Waals surface area contributed by atoms with E-state index in [1.165, 1.54) is 7.11 Å². The summed E-state index contributed by atoms with van der Waals surface area (Å²) >= 11 is 0. The molecule has 0 unspecified atom stereocenters. The molecule has 3 N–H and O–H groups in total. The second-order valence-corrected chi connectivity index (χ2v) is 17.3. The topological polar surface area (TPSA) is 136 Å². The number of imidazole rings is 2. The normalized spacial score (nSPS) is 20.4. The van der Waals surface area contributed by atoms with Crippen LogP contribution in [-0.4, -0.2) is 67.8 Å². The molecule has 4 fully saturated rings. The molecule has 2 saturated heterocycles. The summed E-state index contributed by atoms with van der Waals surface area (Å²) in [7, 11) is 1.30. The van der Waals surface area contributed by atoms with Crippen LogP contribution in [-0.2, 0) is 14.3 Å². The highest BCUT2D eigenvalue weighted by molar-refractivity contribution is 5.88. The molecule has 6 aromatic rings. The Morgan fingerprint density at radius 3 is 2.00 bits per heavy atom.